The van der Waals surface area contributed by atoms with E-state index >= 15 is 0 Å². The van der Waals surface area contributed by atoms with E-state index in [0.29, 0.717) is 12.4 Å². The molecule has 6 heteroatoms. The maximum absolute atomic E-state index is 11.8. The molecule has 0 aliphatic heterocycles. The number of carbonyl (C=O) groups excluding carboxylic acids is 1. The zero-order chi connectivity index (χ0) is 13.0. The fraction of sp³-hybridized carbons (Fsp3) is 0.167. The number of aromatic amines is 1. The Morgan fingerprint density at radius 2 is 2.28 bits per heavy atom. The van der Waals surface area contributed by atoms with Gasteiger partial charge >= 0.3 is 0 Å². The summed E-state index contributed by atoms with van der Waals surface area (Å²) in [6.45, 7) is 1.97. The summed E-state index contributed by atoms with van der Waals surface area (Å²) >= 11 is 0. The minimum Gasteiger partial charge on any atom is -0.348 e. The molecule has 6 nitrogen and oxygen atoms in total. The van der Waals surface area contributed by atoms with Crippen LogP contribution in [0.4, 0.5) is 0 Å². The first-order chi connectivity index (χ1) is 8.66. The van der Waals surface area contributed by atoms with Crippen molar-refractivity contribution in [2.75, 3.05) is 0 Å². The molecule has 2 N–H and O–H groups in total. The second kappa shape index (κ2) is 5.22. The Labute approximate surface area is 103 Å². The van der Waals surface area contributed by atoms with Crippen LogP contribution in [0, 0.1) is 6.92 Å². The van der Waals surface area contributed by atoms with Gasteiger partial charge in [0.15, 0.2) is 0 Å². The van der Waals surface area contributed by atoms with E-state index < -0.39 is 11.5 Å². The SMILES string of the molecule is Cc1ncc(C(=O)NCc2cccnc2)c(=O)[nH]1. The molecule has 2 rings (SSSR count). The standard InChI is InChI=1S/C12H12N4O2/c1-8-14-7-10(12(18)16-8)11(17)15-6-9-3-2-4-13-5-9/h2-5,7H,6H2,1H3,(H,15,17)(H,14,16,18). The first kappa shape index (κ1) is 12.0. The van der Waals surface area contributed by atoms with E-state index in [-0.39, 0.29) is 5.56 Å². The van der Waals surface area contributed by atoms with Crippen LogP contribution in [0.15, 0.2) is 35.5 Å². The fourth-order valence-corrected chi connectivity index (χ4v) is 1.43. The number of aromatic nitrogens is 3. The summed E-state index contributed by atoms with van der Waals surface area (Å²) in [6, 6.07) is 3.62. The van der Waals surface area contributed by atoms with Crippen LogP contribution >= 0.6 is 0 Å². The summed E-state index contributed by atoms with van der Waals surface area (Å²) in [7, 11) is 0. The highest BCUT2D eigenvalue weighted by atomic mass is 16.2. The molecule has 2 aromatic rings. The molecule has 0 aliphatic rings. The first-order valence-corrected chi connectivity index (χ1v) is 5.40. The Balaban J connectivity index is 2.06. The quantitative estimate of drug-likeness (QED) is 0.818. The van der Waals surface area contributed by atoms with Gasteiger partial charge in [0.1, 0.15) is 11.4 Å². The van der Waals surface area contributed by atoms with Gasteiger partial charge in [-0.1, -0.05) is 6.07 Å². The lowest BCUT2D eigenvalue weighted by atomic mass is 10.2. The maximum Gasteiger partial charge on any atom is 0.263 e. The Hall–Kier alpha value is -2.50. The predicted octanol–water partition coefficient (Wildman–Crippen LogP) is 0.403. The summed E-state index contributed by atoms with van der Waals surface area (Å²) in [4.78, 5) is 33.6. The molecule has 0 unspecified atom stereocenters. The minimum atomic E-state index is -0.451. The topological polar surface area (TPSA) is 87.7 Å². The van der Waals surface area contributed by atoms with Crippen molar-refractivity contribution in [2.24, 2.45) is 0 Å². The molecule has 0 saturated carbocycles. The summed E-state index contributed by atoms with van der Waals surface area (Å²) in [5.41, 5.74) is 0.429. The van der Waals surface area contributed by atoms with Crippen molar-refractivity contribution in [1.29, 1.82) is 0 Å². The molecule has 1 amide bonds. The number of H-pyrrole nitrogens is 1. The average molecular weight is 244 g/mol. The number of carbonyl (C=O) groups is 1. The molecular weight excluding hydrogens is 232 g/mol. The van der Waals surface area contributed by atoms with Gasteiger partial charge in [-0.3, -0.25) is 14.6 Å². The maximum atomic E-state index is 11.8. The Morgan fingerprint density at radius 3 is 2.94 bits per heavy atom. The molecule has 0 spiro atoms. The monoisotopic (exact) mass is 244 g/mol. The van der Waals surface area contributed by atoms with Crippen molar-refractivity contribution >= 4 is 5.91 Å². The highest BCUT2D eigenvalue weighted by Crippen LogP contribution is 1.96. The summed E-state index contributed by atoms with van der Waals surface area (Å²) in [5, 5.41) is 2.64. The molecule has 0 bridgehead atoms. The molecule has 0 atom stereocenters. The largest absolute Gasteiger partial charge is 0.348 e. The molecule has 0 saturated heterocycles. The first-order valence-electron chi connectivity index (χ1n) is 5.40. The van der Waals surface area contributed by atoms with E-state index in [2.05, 4.69) is 20.3 Å². The molecule has 0 aromatic carbocycles. The molecule has 0 radical (unpaired) electrons. The van der Waals surface area contributed by atoms with Crippen LogP contribution in [0.1, 0.15) is 21.7 Å². The fourth-order valence-electron chi connectivity index (χ4n) is 1.43. The third-order valence-corrected chi connectivity index (χ3v) is 2.35. The molecule has 2 heterocycles. The molecular formula is C12H12N4O2. The Kier molecular flexibility index (Phi) is 3.47. The Morgan fingerprint density at radius 1 is 1.44 bits per heavy atom. The average Bonchev–Trinajstić information content (AvgIpc) is 2.37. The van der Waals surface area contributed by atoms with Crippen LogP contribution in [0.3, 0.4) is 0 Å². The lowest BCUT2D eigenvalue weighted by Crippen LogP contribution is -2.29. The number of hydrogen-bond donors (Lipinski definition) is 2. The minimum absolute atomic E-state index is 0.00416. The number of rotatable bonds is 3. The van der Waals surface area contributed by atoms with Gasteiger partial charge in [-0.05, 0) is 18.6 Å². The van der Waals surface area contributed by atoms with Gasteiger partial charge in [0.25, 0.3) is 11.5 Å². The molecule has 2 aromatic heterocycles. The highest BCUT2D eigenvalue weighted by Gasteiger charge is 2.10. The summed E-state index contributed by atoms with van der Waals surface area (Å²) in [5.74, 6) is 0.0245. The summed E-state index contributed by atoms with van der Waals surface area (Å²) < 4.78 is 0. The normalized spacial score (nSPS) is 10.1. The zero-order valence-electron chi connectivity index (χ0n) is 9.80. The number of pyridine rings is 1. The van der Waals surface area contributed by atoms with Crippen molar-refractivity contribution in [2.45, 2.75) is 13.5 Å². The molecule has 18 heavy (non-hydrogen) atoms. The van der Waals surface area contributed by atoms with Crippen LogP contribution in [-0.4, -0.2) is 20.9 Å². The molecule has 0 fully saturated rings. The number of hydrogen-bond acceptors (Lipinski definition) is 4. The third-order valence-electron chi connectivity index (χ3n) is 2.35. The van der Waals surface area contributed by atoms with Gasteiger partial charge in [-0.25, -0.2) is 4.98 Å². The molecule has 0 aliphatic carbocycles. The number of nitrogens with zero attached hydrogens (tertiary/aromatic N) is 2. The second-order valence-corrected chi connectivity index (χ2v) is 3.76. The van der Waals surface area contributed by atoms with Crippen LogP contribution in [0.25, 0.3) is 0 Å². The third kappa shape index (κ3) is 2.79. The van der Waals surface area contributed by atoms with E-state index in [4.69, 9.17) is 0 Å². The van der Waals surface area contributed by atoms with Crippen LogP contribution in [0.5, 0.6) is 0 Å². The van der Waals surface area contributed by atoms with Crippen molar-refractivity contribution in [3.63, 3.8) is 0 Å². The smallest absolute Gasteiger partial charge is 0.263 e. The Bertz CT molecular complexity index is 607. The van der Waals surface area contributed by atoms with E-state index in [9.17, 15) is 9.59 Å². The zero-order valence-corrected chi connectivity index (χ0v) is 9.80. The predicted molar refractivity (Wildman–Crippen MR) is 65.0 cm³/mol. The van der Waals surface area contributed by atoms with Gasteiger partial charge in [0.2, 0.25) is 0 Å². The van der Waals surface area contributed by atoms with Crippen molar-refractivity contribution in [1.82, 2.24) is 20.3 Å². The van der Waals surface area contributed by atoms with Gasteiger partial charge in [-0.15, -0.1) is 0 Å². The van der Waals surface area contributed by atoms with Crippen LogP contribution in [0.2, 0.25) is 0 Å². The number of nitrogens with one attached hydrogen (secondary N) is 2. The lowest BCUT2D eigenvalue weighted by Gasteiger charge is -2.04. The lowest BCUT2D eigenvalue weighted by molar-refractivity contribution is 0.0949. The van der Waals surface area contributed by atoms with Crippen molar-refractivity contribution in [3.05, 3.63) is 58.0 Å². The van der Waals surface area contributed by atoms with Gasteiger partial charge in [0, 0.05) is 25.1 Å². The van der Waals surface area contributed by atoms with Gasteiger partial charge < -0.3 is 10.3 Å². The van der Waals surface area contributed by atoms with Crippen molar-refractivity contribution < 1.29 is 4.79 Å². The van der Waals surface area contributed by atoms with Gasteiger partial charge in [-0.2, -0.15) is 0 Å². The van der Waals surface area contributed by atoms with Crippen LogP contribution in [-0.2, 0) is 6.54 Å². The highest BCUT2D eigenvalue weighted by molar-refractivity contribution is 5.93. The van der Waals surface area contributed by atoms with E-state index in [0.717, 1.165) is 5.56 Å². The summed E-state index contributed by atoms with van der Waals surface area (Å²) in [6.07, 6.45) is 4.57. The van der Waals surface area contributed by atoms with E-state index in [1.165, 1.54) is 6.20 Å². The number of aryl methyl sites for hydroxylation is 1. The number of amides is 1. The van der Waals surface area contributed by atoms with E-state index in [1.54, 1.807) is 25.4 Å². The van der Waals surface area contributed by atoms with Crippen LogP contribution < -0.4 is 10.9 Å². The second-order valence-electron chi connectivity index (χ2n) is 3.76. The van der Waals surface area contributed by atoms with E-state index in [1.807, 2.05) is 6.07 Å². The van der Waals surface area contributed by atoms with Crippen molar-refractivity contribution in [3.8, 4) is 0 Å². The van der Waals surface area contributed by atoms with Gasteiger partial charge in [0.05, 0.1) is 0 Å². The molecule has 92 valence electrons.